The maximum atomic E-state index is 12.1. The van der Waals surface area contributed by atoms with Gasteiger partial charge in [-0.05, 0) is 38.8 Å². The molecule has 2 aliphatic heterocycles. The van der Waals surface area contributed by atoms with Gasteiger partial charge in [0.2, 0.25) is 5.91 Å². The molecule has 7 heteroatoms. The highest BCUT2D eigenvalue weighted by molar-refractivity contribution is 5.76. The molecule has 1 atom stereocenters. The van der Waals surface area contributed by atoms with Crippen LogP contribution in [0.5, 0.6) is 0 Å². The van der Waals surface area contributed by atoms with Gasteiger partial charge in [0, 0.05) is 39.0 Å². The predicted octanol–water partition coefficient (Wildman–Crippen LogP) is 0.856. The van der Waals surface area contributed by atoms with Crippen LogP contribution in [0.15, 0.2) is 0 Å². The fraction of sp³-hybridized carbons (Fsp3) is 0.824. The van der Waals surface area contributed by atoms with Crippen molar-refractivity contribution in [2.75, 3.05) is 32.7 Å². The van der Waals surface area contributed by atoms with Gasteiger partial charge in [0.25, 0.3) is 0 Å². The predicted molar refractivity (Wildman–Crippen MR) is 92.4 cm³/mol. The van der Waals surface area contributed by atoms with Crippen LogP contribution >= 0.6 is 0 Å². The molecule has 2 N–H and O–H groups in total. The van der Waals surface area contributed by atoms with Crippen molar-refractivity contribution in [2.45, 2.75) is 51.0 Å². The molecular formula is C17H30N6O. The third kappa shape index (κ3) is 3.95. The van der Waals surface area contributed by atoms with E-state index in [-0.39, 0.29) is 11.8 Å². The molecule has 1 amide bonds. The van der Waals surface area contributed by atoms with E-state index in [0.717, 1.165) is 57.2 Å². The molecule has 0 unspecified atom stereocenters. The average Bonchev–Trinajstić information content (AvgIpc) is 2.97. The van der Waals surface area contributed by atoms with Crippen molar-refractivity contribution in [1.29, 1.82) is 0 Å². The summed E-state index contributed by atoms with van der Waals surface area (Å²) < 4.78 is 2.15. The number of carbonyl (C=O) groups excluding carboxylic acids is 1. The van der Waals surface area contributed by atoms with E-state index >= 15 is 0 Å². The summed E-state index contributed by atoms with van der Waals surface area (Å²) in [5.41, 5.74) is 5.52. The maximum absolute atomic E-state index is 12.1. The van der Waals surface area contributed by atoms with E-state index < -0.39 is 0 Å². The van der Waals surface area contributed by atoms with E-state index in [1.54, 1.807) is 0 Å². The highest BCUT2D eigenvalue weighted by Crippen LogP contribution is 2.26. The zero-order valence-corrected chi connectivity index (χ0v) is 14.8. The number of nitrogens with two attached hydrogens (primary N) is 1. The second kappa shape index (κ2) is 8.07. The number of piperidine rings is 2. The van der Waals surface area contributed by atoms with Gasteiger partial charge in [-0.15, -0.1) is 10.2 Å². The summed E-state index contributed by atoms with van der Waals surface area (Å²) in [6.07, 6.45) is 6.44. The van der Waals surface area contributed by atoms with Gasteiger partial charge in [-0.2, -0.15) is 0 Å². The van der Waals surface area contributed by atoms with Crippen LogP contribution in [-0.2, 0) is 18.4 Å². The molecule has 7 nitrogen and oxygen atoms in total. The van der Waals surface area contributed by atoms with Crippen LogP contribution in [0.3, 0.4) is 0 Å². The lowest BCUT2D eigenvalue weighted by atomic mass is 9.97. The van der Waals surface area contributed by atoms with Gasteiger partial charge in [-0.3, -0.25) is 9.69 Å². The molecule has 0 bridgehead atoms. The summed E-state index contributed by atoms with van der Waals surface area (Å²) in [5, 5.41) is 8.91. The fourth-order valence-corrected chi connectivity index (χ4v) is 3.88. The van der Waals surface area contributed by atoms with E-state index in [1.165, 1.54) is 19.3 Å². The molecular weight excluding hydrogens is 304 g/mol. The van der Waals surface area contributed by atoms with Crippen LogP contribution in [0.1, 0.15) is 56.1 Å². The lowest BCUT2D eigenvalue weighted by molar-refractivity contribution is -0.132. The first kappa shape index (κ1) is 17.4. The maximum Gasteiger partial charge on any atom is 0.223 e. The Labute approximate surface area is 144 Å². The third-order valence-corrected chi connectivity index (χ3v) is 5.31. The Bertz CT molecular complexity index is 551. The summed E-state index contributed by atoms with van der Waals surface area (Å²) in [6.45, 7) is 5.21. The minimum atomic E-state index is 0.165. The van der Waals surface area contributed by atoms with Crippen LogP contribution in [0.25, 0.3) is 0 Å². The van der Waals surface area contributed by atoms with Crippen molar-refractivity contribution < 1.29 is 4.79 Å². The molecule has 0 saturated carbocycles. The zero-order valence-electron chi connectivity index (χ0n) is 14.8. The third-order valence-electron chi connectivity index (χ3n) is 5.31. The second-order valence-electron chi connectivity index (χ2n) is 7.09. The quantitative estimate of drug-likeness (QED) is 0.864. The largest absolute Gasteiger partial charge is 0.342 e. The number of likely N-dealkylation sites (tertiary alicyclic amines) is 2. The van der Waals surface area contributed by atoms with E-state index in [9.17, 15) is 4.79 Å². The molecule has 24 heavy (non-hydrogen) atoms. The number of rotatable bonds is 5. The minimum absolute atomic E-state index is 0.165. The van der Waals surface area contributed by atoms with Gasteiger partial charge in [0.15, 0.2) is 0 Å². The first-order chi connectivity index (χ1) is 11.7. The Morgan fingerprint density at radius 2 is 1.96 bits per heavy atom. The Kier molecular flexibility index (Phi) is 5.84. The Morgan fingerprint density at radius 3 is 2.71 bits per heavy atom. The number of amides is 1. The Hall–Kier alpha value is -1.47. The van der Waals surface area contributed by atoms with Crippen LogP contribution in [-0.4, -0.2) is 63.2 Å². The monoisotopic (exact) mass is 334 g/mol. The summed E-state index contributed by atoms with van der Waals surface area (Å²) in [4.78, 5) is 16.5. The molecule has 134 valence electrons. The normalized spacial score (nSPS) is 22.8. The van der Waals surface area contributed by atoms with Gasteiger partial charge in [-0.1, -0.05) is 6.42 Å². The number of hydrogen-bond acceptors (Lipinski definition) is 5. The van der Waals surface area contributed by atoms with Gasteiger partial charge < -0.3 is 15.2 Å². The average molecular weight is 334 g/mol. The van der Waals surface area contributed by atoms with Crippen LogP contribution < -0.4 is 5.73 Å². The van der Waals surface area contributed by atoms with E-state index in [4.69, 9.17) is 5.73 Å². The number of hydrogen-bond donors (Lipinski definition) is 1. The molecule has 1 aromatic rings. The highest BCUT2D eigenvalue weighted by Gasteiger charge is 2.28. The van der Waals surface area contributed by atoms with Gasteiger partial charge in [-0.25, -0.2) is 0 Å². The molecule has 0 aliphatic carbocycles. The Morgan fingerprint density at radius 1 is 1.17 bits per heavy atom. The second-order valence-corrected chi connectivity index (χ2v) is 7.09. The number of nitrogens with zero attached hydrogens (tertiary/aromatic N) is 5. The Balaban J connectivity index is 1.64. The van der Waals surface area contributed by atoms with Crippen LogP contribution in [0.4, 0.5) is 0 Å². The zero-order chi connectivity index (χ0) is 16.9. The van der Waals surface area contributed by atoms with Crippen molar-refractivity contribution in [2.24, 2.45) is 12.8 Å². The molecule has 3 rings (SSSR count). The molecule has 0 radical (unpaired) electrons. The molecule has 1 aromatic heterocycles. The lowest BCUT2D eigenvalue weighted by Gasteiger charge is -2.32. The van der Waals surface area contributed by atoms with Crippen molar-refractivity contribution in [3.8, 4) is 0 Å². The fourth-order valence-electron chi connectivity index (χ4n) is 3.88. The molecule has 2 aliphatic rings. The van der Waals surface area contributed by atoms with Crippen molar-refractivity contribution >= 4 is 5.91 Å². The standard InChI is InChI=1S/C17H30N6O/c1-21-15(13-22-9-3-2-4-10-22)19-20-17(21)14-6-5-11-23(12-14)16(24)7-8-18/h14H,2-13,18H2,1H3/t14-/m1/s1. The van der Waals surface area contributed by atoms with Gasteiger partial charge >= 0.3 is 0 Å². The van der Waals surface area contributed by atoms with Gasteiger partial charge in [0.05, 0.1) is 6.54 Å². The minimum Gasteiger partial charge on any atom is -0.342 e. The highest BCUT2D eigenvalue weighted by atomic mass is 16.2. The molecule has 0 spiro atoms. The van der Waals surface area contributed by atoms with E-state index in [1.807, 2.05) is 4.90 Å². The van der Waals surface area contributed by atoms with Crippen molar-refractivity contribution in [1.82, 2.24) is 24.6 Å². The first-order valence-electron chi connectivity index (χ1n) is 9.27. The van der Waals surface area contributed by atoms with Crippen molar-refractivity contribution in [3.63, 3.8) is 0 Å². The SMILES string of the molecule is Cn1c(CN2CCCCC2)nnc1[C@@H]1CCCN(C(=O)CCN)C1. The van der Waals surface area contributed by atoms with Gasteiger partial charge in [0.1, 0.15) is 11.6 Å². The smallest absolute Gasteiger partial charge is 0.223 e. The van der Waals surface area contributed by atoms with E-state index in [0.29, 0.717) is 13.0 Å². The molecule has 0 aromatic carbocycles. The molecule has 3 heterocycles. The summed E-state index contributed by atoms with van der Waals surface area (Å²) in [6, 6.07) is 0. The topological polar surface area (TPSA) is 80.3 Å². The lowest BCUT2D eigenvalue weighted by Crippen LogP contribution is -2.40. The molecule has 2 fully saturated rings. The molecule has 2 saturated heterocycles. The summed E-state index contributed by atoms with van der Waals surface area (Å²) >= 11 is 0. The first-order valence-corrected chi connectivity index (χ1v) is 9.27. The number of aromatic nitrogens is 3. The number of carbonyl (C=O) groups is 1. The summed E-state index contributed by atoms with van der Waals surface area (Å²) in [5.74, 6) is 2.51. The van der Waals surface area contributed by atoms with Crippen molar-refractivity contribution in [3.05, 3.63) is 11.6 Å². The van der Waals surface area contributed by atoms with Crippen LogP contribution in [0.2, 0.25) is 0 Å². The van der Waals surface area contributed by atoms with E-state index in [2.05, 4.69) is 26.7 Å². The van der Waals surface area contributed by atoms with Crippen LogP contribution in [0, 0.1) is 0 Å². The summed E-state index contributed by atoms with van der Waals surface area (Å²) in [7, 11) is 2.06.